The van der Waals surface area contributed by atoms with Crippen molar-refractivity contribution in [3.63, 3.8) is 0 Å². The van der Waals surface area contributed by atoms with Crippen molar-refractivity contribution < 1.29 is 9.32 Å². The Morgan fingerprint density at radius 1 is 1.62 bits per heavy atom. The van der Waals surface area contributed by atoms with E-state index >= 15 is 0 Å². The van der Waals surface area contributed by atoms with E-state index in [1.807, 2.05) is 0 Å². The minimum absolute atomic E-state index is 0.101. The van der Waals surface area contributed by atoms with Crippen LogP contribution in [0.2, 0.25) is 0 Å². The number of rotatable bonds is 2. The molecule has 1 amide bonds. The van der Waals surface area contributed by atoms with E-state index in [1.54, 1.807) is 7.05 Å². The molecule has 1 aliphatic heterocycles. The van der Waals surface area contributed by atoms with Gasteiger partial charge in [-0.2, -0.15) is 4.98 Å². The highest BCUT2D eigenvalue weighted by Crippen LogP contribution is 2.29. The zero-order chi connectivity index (χ0) is 11.6. The first-order valence-corrected chi connectivity index (χ1v) is 5.43. The summed E-state index contributed by atoms with van der Waals surface area (Å²) < 4.78 is 5.17. The van der Waals surface area contributed by atoms with Crippen molar-refractivity contribution in [2.45, 2.75) is 25.2 Å². The third kappa shape index (κ3) is 1.92. The summed E-state index contributed by atoms with van der Waals surface area (Å²) in [6, 6.07) is 0. The van der Waals surface area contributed by atoms with Crippen molar-refractivity contribution in [3.05, 3.63) is 11.7 Å². The zero-order valence-corrected chi connectivity index (χ0v) is 9.54. The summed E-state index contributed by atoms with van der Waals surface area (Å²) in [4.78, 5) is 15.4. The van der Waals surface area contributed by atoms with Crippen molar-refractivity contribution in [1.29, 1.82) is 0 Å². The summed E-state index contributed by atoms with van der Waals surface area (Å²) in [5, 5.41) is 9.45. The zero-order valence-electron chi connectivity index (χ0n) is 9.54. The summed E-state index contributed by atoms with van der Waals surface area (Å²) in [5.74, 6) is 0.324. The molecule has 88 valence electrons. The molecule has 1 fully saturated rings. The van der Waals surface area contributed by atoms with Crippen LogP contribution in [0, 0.1) is 0 Å². The van der Waals surface area contributed by atoms with E-state index in [4.69, 9.17) is 4.52 Å². The van der Waals surface area contributed by atoms with Crippen molar-refractivity contribution in [3.8, 4) is 0 Å². The van der Waals surface area contributed by atoms with E-state index in [2.05, 4.69) is 27.7 Å². The number of carbonyl (C=O) groups is 1. The topological polar surface area (TPSA) is 80.0 Å². The Hall–Kier alpha value is -1.43. The molecule has 1 unspecified atom stereocenters. The lowest BCUT2D eigenvalue weighted by molar-refractivity contribution is 0.0950. The first-order chi connectivity index (χ1) is 7.65. The average molecular weight is 224 g/mol. The van der Waals surface area contributed by atoms with Crippen LogP contribution in [0.5, 0.6) is 0 Å². The maximum atomic E-state index is 11.3. The third-order valence-electron chi connectivity index (χ3n) is 2.97. The fraction of sp³-hybridized carbons (Fsp3) is 0.700. The van der Waals surface area contributed by atoms with Crippen LogP contribution in [0.1, 0.15) is 36.3 Å². The van der Waals surface area contributed by atoms with Gasteiger partial charge < -0.3 is 15.2 Å². The van der Waals surface area contributed by atoms with E-state index in [9.17, 15) is 4.79 Å². The number of hydrogen-bond acceptors (Lipinski definition) is 5. The smallest absolute Gasteiger partial charge is 0.292 e. The van der Waals surface area contributed by atoms with Crippen LogP contribution in [-0.2, 0) is 5.41 Å². The number of nitrogens with zero attached hydrogens (tertiary/aromatic N) is 2. The third-order valence-corrected chi connectivity index (χ3v) is 2.97. The fourth-order valence-corrected chi connectivity index (χ4v) is 1.91. The standard InChI is InChI=1S/C10H16N4O2/c1-10(4-3-5-12-6-10)9-13-7(14-16-9)8(15)11-2/h12H,3-6H2,1-2H3,(H,11,15). The van der Waals surface area contributed by atoms with E-state index < -0.39 is 0 Å². The first kappa shape index (κ1) is 11.1. The summed E-state index contributed by atoms with van der Waals surface area (Å²) in [6.07, 6.45) is 2.07. The van der Waals surface area contributed by atoms with Gasteiger partial charge in [-0.3, -0.25) is 4.79 Å². The normalized spacial score (nSPS) is 25.4. The summed E-state index contributed by atoms with van der Waals surface area (Å²) >= 11 is 0. The Labute approximate surface area is 93.8 Å². The molecule has 0 aromatic carbocycles. The molecular weight excluding hydrogens is 208 g/mol. The Balaban J connectivity index is 2.20. The van der Waals surface area contributed by atoms with Crippen molar-refractivity contribution in [1.82, 2.24) is 20.8 Å². The Kier molecular flexibility index (Phi) is 2.91. The van der Waals surface area contributed by atoms with Gasteiger partial charge in [0.15, 0.2) is 0 Å². The highest BCUT2D eigenvalue weighted by molar-refractivity contribution is 5.89. The number of aromatic nitrogens is 2. The van der Waals surface area contributed by atoms with Gasteiger partial charge >= 0.3 is 0 Å². The van der Waals surface area contributed by atoms with Crippen LogP contribution in [0.15, 0.2) is 4.52 Å². The summed E-state index contributed by atoms with van der Waals surface area (Å²) in [5.41, 5.74) is -0.155. The molecule has 0 bridgehead atoms. The van der Waals surface area contributed by atoms with Crippen LogP contribution in [0.25, 0.3) is 0 Å². The van der Waals surface area contributed by atoms with Crippen LogP contribution in [0.3, 0.4) is 0 Å². The molecule has 6 nitrogen and oxygen atoms in total. The summed E-state index contributed by atoms with van der Waals surface area (Å²) in [6.45, 7) is 3.90. The van der Waals surface area contributed by atoms with E-state index in [0.29, 0.717) is 5.89 Å². The van der Waals surface area contributed by atoms with Crippen LogP contribution >= 0.6 is 0 Å². The second kappa shape index (κ2) is 4.21. The maximum absolute atomic E-state index is 11.3. The van der Waals surface area contributed by atoms with Crippen LogP contribution < -0.4 is 10.6 Å². The number of amides is 1. The number of carbonyl (C=O) groups excluding carboxylic acids is 1. The van der Waals surface area contributed by atoms with Gasteiger partial charge in [0.1, 0.15) is 0 Å². The van der Waals surface area contributed by atoms with Gasteiger partial charge in [0, 0.05) is 13.6 Å². The largest absolute Gasteiger partial charge is 0.352 e. The Morgan fingerprint density at radius 3 is 3.06 bits per heavy atom. The monoisotopic (exact) mass is 224 g/mol. The average Bonchev–Trinajstić information content (AvgIpc) is 2.79. The van der Waals surface area contributed by atoms with Crippen molar-refractivity contribution in [2.75, 3.05) is 20.1 Å². The molecule has 2 rings (SSSR count). The van der Waals surface area contributed by atoms with Gasteiger partial charge in [0.2, 0.25) is 5.89 Å². The SMILES string of the molecule is CNC(=O)c1noc(C2(C)CCCNC2)n1. The second-order valence-electron chi connectivity index (χ2n) is 4.34. The van der Waals surface area contributed by atoms with Crippen molar-refractivity contribution >= 4 is 5.91 Å². The molecule has 1 atom stereocenters. The minimum Gasteiger partial charge on any atom is -0.352 e. The lowest BCUT2D eigenvalue weighted by Crippen LogP contribution is -2.41. The number of piperidine rings is 1. The first-order valence-electron chi connectivity index (χ1n) is 5.43. The molecule has 1 aromatic heterocycles. The lowest BCUT2D eigenvalue weighted by atomic mass is 9.83. The number of nitrogens with one attached hydrogen (secondary N) is 2. The molecule has 1 saturated heterocycles. The molecule has 2 heterocycles. The van der Waals surface area contributed by atoms with E-state index in [0.717, 1.165) is 25.9 Å². The van der Waals surface area contributed by atoms with E-state index in [1.165, 1.54) is 0 Å². The molecule has 16 heavy (non-hydrogen) atoms. The lowest BCUT2D eigenvalue weighted by Gasteiger charge is -2.30. The van der Waals surface area contributed by atoms with Gasteiger partial charge in [-0.25, -0.2) is 0 Å². The van der Waals surface area contributed by atoms with E-state index in [-0.39, 0.29) is 17.1 Å². The molecule has 1 aliphatic rings. The fourth-order valence-electron chi connectivity index (χ4n) is 1.91. The van der Waals surface area contributed by atoms with Crippen LogP contribution in [-0.4, -0.2) is 36.2 Å². The minimum atomic E-state index is -0.317. The molecule has 0 saturated carbocycles. The number of hydrogen-bond donors (Lipinski definition) is 2. The van der Waals surface area contributed by atoms with Gasteiger partial charge in [-0.05, 0) is 26.3 Å². The predicted molar refractivity (Wildman–Crippen MR) is 57.1 cm³/mol. The quantitative estimate of drug-likeness (QED) is 0.743. The highest BCUT2D eigenvalue weighted by Gasteiger charge is 2.35. The van der Waals surface area contributed by atoms with Gasteiger partial charge in [0.05, 0.1) is 5.41 Å². The van der Waals surface area contributed by atoms with Crippen LogP contribution in [0.4, 0.5) is 0 Å². The summed E-state index contributed by atoms with van der Waals surface area (Å²) in [7, 11) is 1.54. The molecular formula is C10H16N4O2. The van der Waals surface area contributed by atoms with Gasteiger partial charge in [-0.1, -0.05) is 5.16 Å². The molecule has 0 aliphatic carbocycles. The van der Waals surface area contributed by atoms with Gasteiger partial charge in [0.25, 0.3) is 11.7 Å². The molecule has 2 N–H and O–H groups in total. The second-order valence-corrected chi connectivity index (χ2v) is 4.34. The maximum Gasteiger partial charge on any atom is 0.292 e. The molecule has 0 radical (unpaired) electrons. The van der Waals surface area contributed by atoms with Crippen molar-refractivity contribution in [2.24, 2.45) is 0 Å². The highest BCUT2D eigenvalue weighted by atomic mass is 16.5. The molecule has 6 heteroatoms. The molecule has 0 spiro atoms. The van der Waals surface area contributed by atoms with Gasteiger partial charge in [-0.15, -0.1) is 0 Å². The Bertz CT molecular complexity index is 382. The molecule has 1 aromatic rings. The Morgan fingerprint density at radius 2 is 2.44 bits per heavy atom. The predicted octanol–water partition coefficient (Wildman–Crippen LogP) is 0.0703.